The number of benzene rings is 1. The van der Waals surface area contributed by atoms with Gasteiger partial charge in [-0.05, 0) is 57.0 Å². The molecule has 27 heavy (non-hydrogen) atoms. The molecule has 1 fully saturated rings. The number of likely N-dealkylation sites (N-methyl/N-ethyl adjacent to an activating group) is 2. The van der Waals surface area contributed by atoms with Crippen LogP contribution in [0, 0.1) is 0 Å². The Kier molecular flexibility index (Phi) is 7.91. The average molecular weight is 377 g/mol. The van der Waals surface area contributed by atoms with E-state index >= 15 is 0 Å². The molecule has 7 nitrogen and oxygen atoms in total. The summed E-state index contributed by atoms with van der Waals surface area (Å²) in [7, 11) is 6.84. The van der Waals surface area contributed by atoms with Crippen molar-refractivity contribution >= 4 is 11.8 Å². The first-order chi connectivity index (χ1) is 12.9. The third-order valence-corrected chi connectivity index (χ3v) is 4.61. The van der Waals surface area contributed by atoms with Crippen molar-refractivity contribution in [3.05, 3.63) is 23.8 Å². The van der Waals surface area contributed by atoms with Gasteiger partial charge in [-0.25, -0.2) is 0 Å². The Hall–Kier alpha value is -2.28. The van der Waals surface area contributed by atoms with Crippen molar-refractivity contribution in [1.29, 1.82) is 0 Å². The highest BCUT2D eigenvalue weighted by Gasteiger charge is 2.24. The number of amides is 2. The standard InChI is InChI=1S/C20H31N3O4/c1-22(14-20(25)23(2)13-19(24)21-16-8-9-16)11-5-6-15-7-10-17(26-3)18(12-15)27-4/h7,10,12,16H,5-6,8-9,11,13-14H2,1-4H3,(H,21,24). The molecular formula is C20H31N3O4. The summed E-state index contributed by atoms with van der Waals surface area (Å²) in [4.78, 5) is 27.5. The smallest absolute Gasteiger partial charge is 0.239 e. The molecular weight excluding hydrogens is 346 g/mol. The van der Waals surface area contributed by atoms with E-state index in [2.05, 4.69) is 5.32 Å². The number of aryl methyl sites for hydroxylation is 1. The maximum atomic E-state index is 12.3. The molecule has 0 unspecified atom stereocenters. The van der Waals surface area contributed by atoms with E-state index in [9.17, 15) is 9.59 Å². The third kappa shape index (κ3) is 7.09. The molecule has 150 valence electrons. The third-order valence-electron chi connectivity index (χ3n) is 4.61. The van der Waals surface area contributed by atoms with Crippen LogP contribution < -0.4 is 14.8 Å². The molecule has 1 N–H and O–H groups in total. The lowest BCUT2D eigenvalue weighted by atomic mass is 10.1. The lowest BCUT2D eigenvalue weighted by Gasteiger charge is -2.21. The molecule has 1 aromatic rings. The van der Waals surface area contributed by atoms with E-state index in [1.54, 1.807) is 21.3 Å². The number of ether oxygens (including phenoxy) is 2. The Morgan fingerprint density at radius 1 is 1.11 bits per heavy atom. The molecule has 0 aliphatic heterocycles. The van der Waals surface area contributed by atoms with Gasteiger partial charge in [0.05, 0.1) is 27.3 Å². The Balaban J connectivity index is 1.69. The molecule has 1 aromatic carbocycles. The van der Waals surface area contributed by atoms with Crippen LogP contribution in [0.5, 0.6) is 11.5 Å². The summed E-state index contributed by atoms with van der Waals surface area (Å²) in [6.45, 7) is 1.22. The lowest BCUT2D eigenvalue weighted by molar-refractivity contribution is -0.135. The van der Waals surface area contributed by atoms with Crippen molar-refractivity contribution in [2.45, 2.75) is 31.7 Å². The van der Waals surface area contributed by atoms with Crippen molar-refractivity contribution in [3.63, 3.8) is 0 Å². The first kappa shape index (κ1) is 21.0. The van der Waals surface area contributed by atoms with Crippen LogP contribution in [-0.2, 0) is 16.0 Å². The van der Waals surface area contributed by atoms with Gasteiger partial charge in [0.25, 0.3) is 0 Å². The Morgan fingerprint density at radius 3 is 2.44 bits per heavy atom. The normalized spacial score (nSPS) is 13.4. The minimum atomic E-state index is -0.0792. The number of methoxy groups -OCH3 is 2. The van der Waals surface area contributed by atoms with E-state index in [-0.39, 0.29) is 18.4 Å². The van der Waals surface area contributed by atoms with Crippen molar-refractivity contribution in [2.24, 2.45) is 0 Å². The number of nitrogens with zero attached hydrogens (tertiary/aromatic N) is 2. The van der Waals surface area contributed by atoms with Gasteiger partial charge in [-0.2, -0.15) is 0 Å². The fourth-order valence-electron chi connectivity index (χ4n) is 2.82. The number of nitrogens with one attached hydrogen (secondary N) is 1. The Labute approximate surface area is 161 Å². The van der Waals surface area contributed by atoms with Crippen LogP contribution in [0.1, 0.15) is 24.8 Å². The highest BCUT2D eigenvalue weighted by atomic mass is 16.5. The van der Waals surface area contributed by atoms with Gasteiger partial charge in [-0.1, -0.05) is 6.07 Å². The van der Waals surface area contributed by atoms with E-state index in [4.69, 9.17) is 9.47 Å². The minimum absolute atomic E-state index is 0.0467. The van der Waals surface area contributed by atoms with Crippen LogP contribution in [-0.4, -0.2) is 75.6 Å². The van der Waals surface area contributed by atoms with Gasteiger partial charge < -0.3 is 19.7 Å². The fraction of sp³-hybridized carbons (Fsp3) is 0.600. The van der Waals surface area contributed by atoms with E-state index in [1.807, 2.05) is 30.1 Å². The molecule has 1 saturated carbocycles. The van der Waals surface area contributed by atoms with Crippen LogP contribution in [0.25, 0.3) is 0 Å². The summed E-state index contributed by atoms with van der Waals surface area (Å²) in [5.41, 5.74) is 1.17. The quantitative estimate of drug-likeness (QED) is 0.630. The minimum Gasteiger partial charge on any atom is -0.493 e. The molecule has 0 atom stereocenters. The summed E-state index contributed by atoms with van der Waals surface area (Å²) in [6.07, 6.45) is 3.90. The molecule has 0 spiro atoms. The Bertz CT molecular complexity index is 646. The van der Waals surface area contributed by atoms with E-state index in [0.29, 0.717) is 12.6 Å². The monoisotopic (exact) mass is 377 g/mol. The highest BCUT2D eigenvalue weighted by molar-refractivity contribution is 5.85. The summed E-state index contributed by atoms with van der Waals surface area (Å²) < 4.78 is 10.6. The zero-order valence-corrected chi connectivity index (χ0v) is 16.8. The second kappa shape index (κ2) is 10.2. The second-order valence-corrected chi connectivity index (χ2v) is 7.12. The highest BCUT2D eigenvalue weighted by Crippen LogP contribution is 2.27. The summed E-state index contributed by atoms with van der Waals surface area (Å²) in [5, 5.41) is 2.90. The average Bonchev–Trinajstić information content (AvgIpc) is 3.45. The molecule has 1 aliphatic rings. The number of hydrogen-bond acceptors (Lipinski definition) is 5. The van der Waals surface area contributed by atoms with Gasteiger partial charge in [0.1, 0.15) is 0 Å². The topological polar surface area (TPSA) is 71.1 Å². The second-order valence-electron chi connectivity index (χ2n) is 7.12. The summed E-state index contributed by atoms with van der Waals surface area (Å²) in [6, 6.07) is 6.23. The van der Waals surface area contributed by atoms with Crippen LogP contribution >= 0.6 is 0 Å². The number of hydrogen-bond donors (Lipinski definition) is 1. The first-order valence-electron chi connectivity index (χ1n) is 9.35. The predicted molar refractivity (Wildman–Crippen MR) is 104 cm³/mol. The van der Waals surface area contributed by atoms with Gasteiger partial charge in [0.15, 0.2) is 11.5 Å². The Morgan fingerprint density at radius 2 is 1.81 bits per heavy atom. The van der Waals surface area contributed by atoms with E-state index < -0.39 is 0 Å². The molecule has 7 heteroatoms. The SMILES string of the molecule is COc1ccc(CCCN(C)CC(=O)N(C)CC(=O)NC2CC2)cc1OC. The molecule has 2 amide bonds. The van der Waals surface area contributed by atoms with Crippen LogP contribution in [0.2, 0.25) is 0 Å². The van der Waals surface area contributed by atoms with E-state index in [1.165, 1.54) is 10.5 Å². The summed E-state index contributed by atoms with van der Waals surface area (Å²) >= 11 is 0. The van der Waals surface area contributed by atoms with Crippen molar-refractivity contribution in [2.75, 3.05) is 47.9 Å². The maximum absolute atomic E-state index is 12.3. The lowest BCUT2D eigenvalue weighted by Crippen LogP contribution is -2.43. The molecule has 0 heterocycles. The van der Waals surface area contributed by atoms with Crippen LogP contribution in [0.3, 0.4) is 0 Å². The largest absolute Gasteiger partial charge is 0.493 e. The number of rotatable bonds is 11. The van der Waals surface area contributed by atoms with Gasteiger partial charge in [-0.15, -0.1) is 0 Å². The first-order valence-corrected chi connectivity index (χ1v) is 9.35. The summed E-state index contributed by atoms with van der Waals surface area (Å²) in [5.74, 6) is 1.32. The zero-order chi connectivity index (χ0) is 19.8. The van der Waals surface area contributed by atoms with Crippen LogP contribution in [0.15, 0.2) is 18.2 Å². The number of carbonyl (C=O) groups excluding carboxylic acids is 2. The zero-order valence-electron chi connectivity index (χ0n) is 16.8. The molecule has 2 rings (SSSR count). The van der Waals surface area contributed by atoms with Gasteiger partial charge in [0.2, 0.25) is 11.8 Å². The molecule has 0 saturated heterocycles. The molecule has 0 bridgehead atoms. The van der Waals surface area contributed by atoms with Crippen molar-refractivity contribution in [3.8, 4) is 11.5 Å². The van der Waals surface area contributed by atoms with Gasteiger partial charge in [-0.3, -0.25) is 14.5 Å². The van der Waals surface area contributed by atoms with Gasteiger partial charge >= 0.3 is 0 Å². The molecule has 1 aliphatic carbocycles. The van der Waals surface area contributed by atoms with Gasteiger partial charge in [0, 0.05) is 13.1 Å². The van der Waals surface area contributed by atoms with E-state index in [0.717, 1.165) is 43.7 Å². The molecule has 0 aromatic heterocycles. The van der Waals surface area contributed by atoms with Crippen molar-refractivity contribution in [1.82, 2.24) is 15.1 Å². The fourth-order valence-corrected chi connectivity index (χ4v) is 2.82. The predicted octanol–water partition coefficient (Wildman–Crippen LogP) is 1.31. The van der Waals surface area contributed by atoms with Crippen LogP contribution in [0.4, 0.5) is 0 Å². The van der Waals surface area contributed by atoms with Crippen molar-refractivity contribution < 1.29 is 19.1 Å². The number of carbonyl (C=O) groups is 2. The maximum Gasteiger partial charge on any atom is 0.239 e. The molecule has 0 radical (unpaired) electrons.